The van der Waals surface area contributed by atoms with Gasteiger partial charge in [0.25, 0.3) is 6.43 Å². The molecule has 96 valence electrons. The molecule has 0 amide bonds. The van der Waals surface area contributed by atoms with Gasteiger partial charge >= 0.3 is 0 Å². The van der Waals surface area contributed by atoms with E-state index >= 15 is 0 Å². The number of benzene rings is 1. The second kappa shape index (κ2) is 6.17. The van der Waals surface area contributed by atoms with Crippen LogP contribution in [0.1, 0.15) is 18.5 Å². The topological polar surface area (TPSA) is 15.3 Å². The van der Waals surface area contributed by atoms with E-state index in [1.165, 1.54) is 4.90 Å². The molecule has 0 fully saturated rings. The average molecular weight is 263 g/mol. The first-order valence-corrected chi connectivity index (χ1v) is 5.79. The summed E-state index contributed by atoms with van der Waals surface area (Å²) in [5.74, 6) is 0. The van der Waals surface area contributed by atoms with E-state index in [4.69, 9.17) is 11.6 Å². The van der Waals surface area contributed by atoms with Crippen molar-refractivity contribution in [3.05, 3.63) is 28.8 Å². The molecule has 0 heterocycles. The minimum atomic E-state index is -2.35. The highest BCUT2D eigenvalue weighted by molar-refractivity contribution is 6.31. The molecular weight excluding hydrogens is 246 g/mol. The van der Waals surface area contributed by atoms with E-state index in [9.17, 15) is 8.78 Å². The zero-order valence-corrected chi connectivity index (χ0v) is 10.9. The van der Waals surface area contributed by atoms with Crippen LogP contribution >= 0.6 is 11.6 Å². The van der Waals surface area contributed by atoms with Crippen molar-refractivity contribution in [2.75, 3.05) is 25.5 Å². The van der Waals surface area contributed by atoms with E-state index < -0.39 is 6.43 Å². The maximum atomic E-state index is 12.2. The summed E-state index contributed by atoms with van der Waals surface area (Å²) in [6.45, 7) is 1.70. The lowest BCUT2D eigenvalue weighted by Crippen LogP contribution is -2.24. The molecule has 0 aliphatic heterocycles. The van der Waals surface area contributed by atoms with Gasteiger partial charge in [-0.3, -0.25) is 0 Å². The molecule has 0 aliphatic carbocycles. The summed E-state index contributed by atoms with van der Waals surface area (Å²) >= 11 is 6.13. The Morgan fingerprint density at radius 1 is 1.41 bits per heavy atom. The lowest BCUT2D eigenvalue weighted by Gasteiger charge is -2.21. The normalized spacial score (nSPS) is 12.9. The second-order valence-corrected chi connectivity index (χ2v) is 4.39. The van der Waals surface area contributed by atoms with Gasteiger partial charge in [-0.2, -0.15) is 0 Å². The third-order valence-corrected chi connectivity index (χ3v) is 3.06. The molecule has 0 radical (unpaired) electrons. The molecule has 1 N–H and O–H groups in total. The fourth-order valence-corrected chi connectivity index (χ4v) is 1.91. The zero-order valence-electron chi connectivity index (χ0n) is 10.2. The van der Waals surface area contributed by atoms with Gasteiger partial charge in [-0.15, -0.1) is 0 Å². The first-order chi connectivity index (χ1) is 7.95. The predicted octanol–water partition coefficient (Wildman–Crippen LogP) is 3.32. The highest BCUT2D eigenvalue weighted by Crippen LogP contribution is 2.27. The van der Waals surface area contributed by atoms with Crippen LogP contribution in [-0.2, 0) is 0 Å². The summed E-state index contributed by atoms with van der Waals surface area (Å²) in [7, 11) is 3.47. The molecule has 0 aliphatic rings. The van der Waals surface area contributed by atoms with Crippen molar-refractivity contribution >= 4 is 17.3 Å². The van der Waals surface area contributed by atoms with Crippen molar-refractivity contribution in [2.24, 2.45) is 0 Å². The molecule has 0 spiro atoms. The number of rotatable bonds is 5. The molecular formula is C12H17ClF2N2. The number of nitrogens with one attached hydrogen (secondary N) is 1. The predicted molar refractivity (Wildman–Crippen MR) is 68.2 cm³/mol. The monoisotopic (exact) mass is 262 g/mol. The van der Waals surface area contributed by atoms with Gasteiger partial charge in [0, 0.05) is 23.8 Å². The van der Waals surface area contributed by atoms with Gasteiger partial charge < -0.3 is 10.2 Å². The largest absolute Gasteiger partial charge is 0.369 e. The summed E-state index contributed by atoms with van der Waals surface area (Å²) in [6, 6.07) is 5.52. The molecule has 1 aromatic rings. The Bertz CT molecular complexity index is 372. The van der Waals surface area contributed by atoms with E-state index in [0.717, 1.165) is 5.56 Å². The van der Waals surface area contributed by atoms with Crippen molar-refractivity contribution < 1.29 is 8.78 Å². The molecule has 0 saturated heterocycles. The molecule has 0 saturated carbocycles. The lowest BCUT2D eigenvalue weighted by atomic mass is 10.1. The second-order valence-electron chi connectivity index (χ2n) is 3.99. The third-order valence-electron chi connectivity index (χ3n) is 2.74. The molecule has 0 bridgehead atoms. The van der Waals surface area contributed by atoms with Crippen LogP contribution in [0.5, 0.6) is 0 Å². The SMILES string of the molecule is CNC(C)c1ccc(N(C)CC(F)F)cc1Cl. The molecule has 1 unspecified atom stereocenters. The van der Waals surface area contributed by atoms with E-state index in [1.54, 1.807) is 19.2 Å². The van der Waals surface area contributed by atoms with E-state index in [0.29, 0.717) is 10.7 Å². The maximum Gasteiger partial charge on any atom is 0.255 e. The number of nitrogens with zero attached hydrogens (tertiary/aromatic N) is 1. The molecule has 1 aromatic carbocycles. The first-order valence-electron chi connectivity index (χ1n) is 5.41. The van der Waals surface area contributed by atoms with Crippen molar-refractivity contribution in [1.82, 2.24) is 5.32 Å². The van der Waals surface area contributed by atoms with Crippen molar-refractivity contribution in [2.45, 2.75) is 19.4 Å². The number of hydrogen-bond acceptors (Lipinski definition) is 2. The van der Waals surface area contributed by atoms with Crippen LogP contribution in [0.15, 0.2) is 18.2 Å². The Hall–Kier alpha value is -0.870. The zero-order chi connectivity index (χ0) is 13.0. The Morgan fingerprint density at radius 2 is 2.06 bits per heavy atom. The van der Waals surface area contributed by atoms with Crippen molar-refractivity contribution in [3.63, 3.8) is 0 Å². The highest BCUT2D eigenvalue weighted by Gasteiger charge is 2.12. The summed E-state index contributed by atoms with van der Waals surface area (Å²) in [5.41, 5.74) is 1.66. The maximum absolute atomic E-state index is 12.2. The summed E-state index contributed by atoms with van der Waals surface area (Å²) in [5, 5.41) is 3.67. The van der Waals surface area contributed by atoms with E-state index in [-0.39, 0.29) is 12.6 Å². The summed E-state index contributed by atoms with van der Waals surface area (Å²) in [4.78, 5) is 1.49. The molecule has 17 heavy (non-hydrogen) atoms. The summed E-state index contributed by atoms with van der Waals surface area (Å²) in [6.07, 6.45) is -2.35. The third kappa shape index (κ3) is 3.82. The minimum Gasteiger partial charge on any atom is -0.369 e. The van der Waals surface area contributed by atoms with Crippen molar-refractivity contribution in [3.8, 4) is 0 Å². The van der Waals surface area contributed by atoms with Gasteiger partial charge in [0.15, 0.2) is 0 Å². The van der Waals surface area contributed by atoms with Gasteiger partial charge in [-0.25, -0.2) is 8.78 Å². The fraction of sp³-hybridized carbons (Fsp3) is 0.500. The Kier molecular flexibility index (Phi) is 5.15. The molecule has 0 aromatic heterocycles. The standard InChI is InChI=1S/C12H17ClF2N2/c1-8(16-2)10-5-4-9(6-11(10)13)17(3)7-12(14)15/h4-6,8,12,16H,7H2,1-3H3. The Morgan fingerprint density at radius 3 is 2.53 bits per heavy atom. The van der Waals surface area contributed by atoms with Gasteiger partial charge in [0.1, 0.15) is 0 Å². The number of hydrogen-bond donors (Lipinski definition) is 1. The van der Waals surface area contributed by atoms with E-state index in [1.807, 2.05) is 20.0 Å². The first kappa shape index (κ1) is 14.2. The highest BCUT2D eigenvalue weighted by atomic mass is 35.5. The Balaban J connectivity index is 2.88. The number of halogens is 3. The molecule has 1 atom stereocenters. The molecule has 5 heteroatoms. The van der Waals surface area contributed by atoms with Crippen LogP contribution in [-0.4, -0.2) is 27.1 Å². The summed E-state index contributed by atoms with van der Waals surface area (Å²) < 4.78 is 24.5. The van der Waals surface area contributed by atoms with Crippen LogP contribution in [0.25, 0.3) is 0 Å². The van der Waals surface area contributed by atoms with Gasteiger partial charge in [-0.05, 0) is 31.7 Å². The molecule has 2 nitrogen and oxygen atoms in total. The Labute approximate surface area is 106 Å². The molecule has 1 rings (SSSR count). The number of anilines is 1. The lowest BCUT2D eigenvalue weighted by molar-refractivity contribution is 0.156. The minimum absolute atomic E-state index is 0.136. The van der Waals surface area contributed by atoms with Gasteiger partial charge in [-0.1, -0.05) is 17.7 Å². The van der Waals surface area contributed by atoms with Crippen LogP contribution in [0.4, 0.5) is 14.5 Å². The smallest absolute Gasteiger partial charge is 0.255 e. The van der Waals surface area contributed by atoms with Crippen LogP contribution in [0, 0.1) is 0 Å². The van der Waals surface area contributed by atoms with Gasteiger partial charge in [0.05, 0.1) is 6.54 Å². The fourth-order valence-electron chi connectivity index (χ4n) is 1.57. The van der Waals surface area contributed by atoms with Crippen LogP contribution < -0.4 is 10.2 Å². The van der Waals surface area contributed by atoms with Gasteiger partial charge in [0.2, 0.25) is 0 Å². The number of alkyl halides is 2. The van der Waals surface area contributed by atoms with Crippen LogP contribution in [0.3, 0.4) is 0 Å². The average Bonchev–Trinajstić information content (AvgIpc) is 2.27. The van der Waals surface area contributed by atoms with Crippen molar-refractivity contribution in [1.29, 1.82) is 0 Å². The van der Waals surface area contributed by atoms with E-state index in [2.05, 4.69) is 5.32 Å². The quantitative estimate of drug-likeness (QED) is 0.876. The van der Waals surface area contributed by atoms with Crippen LogP contribution in [0.2, 0.25) is 5.02 Å².